The number of ketones is 1. The summed E-state index contributed by atoms with van der Waals surface area (Å²) in [6.07, 6.45) is 1.70. The van der Waals surface area contributed by atoms with Crippen LogP contribution in [0.5, 0.6) is 5.75 Å². The van der Waals surface area contributed by atoms with Crippen molar-refractivity contribution in [2.24, 2.45) is 0 Å². The van der Waals surface area contributed by atoms with E-state index in [1.807, 2.05) is 0 Å². The molecular formula is C15H18O4. The van der Waals surface area contributed by atoms with Crippen LogP contribution in [0, 0.1) is 0 Å². The van der Waals surface area contributed by atoms with Crippen molar-refractivity contribution in [3.63, 3.8) is 0 Å². The summed E-state index contributed by atoms with van der Waals surface area (Å²) in [5, 5.41) is 0. The minimum atomic E-state index is -0.879. The summed E-state index contributed by atoms with van der Waals surface area (Å²) in [6, 6.07) is 7.03. The number of esters is 1. The van der Waals surface area contributed by atoms with E-state index in [9.17, 15) is 9.59 Å². The van der Waals surface area contributed by atoms with Crippen LogP contribution in [0.4, 0.5) is 0 Å². The molecule has 19 heavy (non-hydrogen) atoms. The fourth-order valence-electron chi connectivity index (χ4n) is 1.24. The van der Waals surface area contributed by atoms with Crippen molar-refractivity contribution in [3.05, 3.63) is 36.4 Å². The summed E-state index contributed by atoms with van der Waals surface area (Å²) in [6.45, 7) is 8.41. The summed E-state index contributed by atoms with van der Waals surface area (Å²) in [5.41, 5.74) is 0.268. The number of Topliss-reactive ketones (excluding diaryl/α,β-unsaturated/α-hetero) is 1. The van der Waals surface area contributed by atoms with Crippen LogP contribution in [-0.4, -0.2) is 24.0 Å². The maximum atomic E-state index is 11.5. The van der Waals surface area contributed by atoms with Crippen LogP contribution in [0.2, 0.25) is 0 Å². The van der Waals surface area contributed by atoms with Crippen molar-refractivity contribution in [2.45, 2.75) is 26.4 Å². The Hall–Kier alpha value is -2.10. The molecule has 0 unspecified atom stereocenters. The molecule has 102 valence electrons. The van der Waals surface area contributed by atoms with Gasteiger partial charge >= 0.3 is 5.97 Å². The second-order valence-electron chi connectivity index (χ2n) is 4.99. The molecule has 0 saturated carbocycles. The summed E-state index contributed by atoms with van der Waals surface area (Å²) >= 11 is 0. The van der Waals surface area contributed by atoms with Crippen molar-refractivity contribution in [2.75, 3.05) is 6.61 Å². The number of hydrogen-bond acceptors (Lipinski definition) is 4. The van der Waals surface area contributed by atoms with Crippen LogP contribution in [0.1, 0.15) is 26.3 Å². The van der Waals surface area contributed by atoms with E-state index in [4.69, 9.17) is 9.47 Å². The Bertz CT molecular complexity index is 466. The zero-order chi connectivity index (χ0) is 14.5. The first-order valence-electron chi connectivity index (χ1n) is 5.93. The average molecular weight is 262 g/mol. The molecule has 0 aliphatic carbocycles. The van der Waals surface area contributed by atoms with Gasteiger partial charge in [0.1, 0.15) is 11.4 Å². The molecule has 1 rings (SSSR count). The zero-order valence-electron chi connectivity index (χ0n) is 11.4. The highest BCUT2D eigenvalue weighted by atomic mass is 16.6. The summed E-state index contributed by atoms with van der Waals surface area (Å²) in [5.74, 6) is -1.07. The monoisotopic (exact) mass is 262 g/mol. The number of ether oxygens (including phenoxy) is 2. The topological polar surface area (TPSA) is 52.6 Å². The van der Waals surface area contributed by atoms with E-state index >= 15 is 0 Å². The van der Waals surface area contributed by atoms with E-state index in [0.29, 0.717) is 5.75 Å². The Kier molecular flexibility index (Phi) is 4.87. The van der Waals surface area contributed by atoms with Crippen molar-refractivity contribution < 1.29 is 19.1 Å². The van der Waals surface area contributed by atoms with Gasteiger partial charge in [-0.15, -0.1) is 0 Å². The SMILES string of the molecule is C=Cc1ccc(OCC(=O)C(=O)OC(C)(C)C)cc1. The first-order valence-corrected chi connectivity index (χ1v) is 5.93. The summed E-state index contributed by atoms with van der Waals surface area (Å²) in [7, 11) is 0. The minimum absolute atomic E-state index is 0.331. The van der Waals surface area contributed by atoms with Gasteiger partial charge in [-0.2, -0.15) is 0 Å². The van der Waals surface area contributed by atoms with Gasteiger partial charge in [0, 0.05) is 0 Å². The van der Waals surface area contributed by atoms with Crippen LogP contribution >= 0.6 is 0 Å². The maximum absolute atomic E-state index is 11.5. The highest BCUT2D eigenvalue weighted by Crippen LogP contribution is 2.13. The molecule has 0 saturated heterocycles. The van der Waals surface area contributed by atoms with Crippen LogP contribution in [0.3, 0.4) is 0 Å². The molecule has 0 fully saturated rings. The predicted octanol–water partition coefficient (Wildman–Crippen LogP) is 2.62. The van der Waals surface area contributed by atoms with E-state index < -0.39 is 17.4 Å². The van der Waals surface area contributed by atoms with Gasteiger partial charge < -0.3 is 9.47 Å². The number of carbonyl (C=O) groups excluding carboxylic acids is 2. The highest BCUT2D eigenvalue weighted by Gasteiger charge is 2.23. The highest BCUT2D eigenvalue weighted by molar-refractivity contribution is 6.34. The van der Waals surface area contributed by atoms with Crippen LogP contribution < -0.4 is 4.74 Å². The summed E-state index contributed by atoms with van der Waals surface area (Å²) in [4.78, 5) is 22.9. The Morgan fingerprint density at radius 2 is 1.79 bits per heavy atom. The Morgan fingerprint density at radius 3 is 2.26 bits per heavy atom. The van der Waals surface area contributed by atoms with Crippen molar-refractivity contribution in [1.82, 2.24) is 0 Å². The Morgan fingerprint density at radius 1 is 1.21 bits per heavy atom. The molecule has 0 aliphatic rings. The second kappa shape index (κ2) is 6.18. The number of rotatable bonds is 5. The first-order chi connectivity index (χ1) is 8.81. The van der Waals surface area contributed by atoms with Gasteiger partial charge in [-0.3, -0.25) is 4.79 Å². The molecule has 0 aliphatic heterocycles. The molecule has 0 spiro atoms. The largest absolute Gasteiger partial charge is 0.485 e. The molecule has 0 N–H and O–H groups in total. The molecule has 4 heteroatoms. The van der Waals surface area contributed by atoms with Gasteiger partial charge in [-0.05, 0) is 38.5 Å². The lowest BCUT2D eigenvalue weighted by Gasteiger charge is -2.18. The van der Waals surface area contributed by atoms with Crippen molar-refractivity contribution >= 4 is 17.8 Å². The van der Waals surface area contributed by atoms with E-state index in [2.05, 4.69) is 6.58 Å². The fraction of sp³-hybridized carbons (Fsp3) is 0.333. The van der Waals surface area contributed by atoms with Crippen LogP contribution in [-0.2, 0) is 14.3 Å². The summed E-state index contributed by atoms with van der Waals surface area (Å²) < 4.78 is 10.2. The molecule has 1 aromatic carbocycles. The standard InChI is InChI=1S/C15H18O4/c1-5-11-6-8-12(9-7-11)18-10-13(16)14(17)19-15(2,3)4/h5-9H,1,10H2,2-4H3. The van der Waals surface area contributed by atoms with Gasteiger partial charge in [0.2, 0.25) is 0 Å². The number of benzene rings is 1. The predicted molar refractivity (Wildman–Crippen MR) is 72.9 cm³/mol. The first kappa shape index (κ1) is 15.0. The lowest BCUT2D eigenvalue weighted by Crippen LogP contribution is -2.31. The Balaban J connectivity index is 2.49. The molecule has 0 bridgehead atoms. The smallest absolute Gasteiger partial charge is 0.378 e. The average Bonchev–Trinajstić information content (AvgIpc) is 2.34. The van der Waals surface area contributed by atoms with Gasteiger partial charge in [-0.25, -0.2) is 4.79 Å². The lowest BCUT2D eigenvalue weighted by atomic mass is 10.2. The van der Waals surface area contributed by atoms with Crippen LogP contribution in [0.25, 0.3) is 6.08 Å². The van der Waals surface area contributed by atoms with Gasteiger partial charge in [-0.1, -0.05) is 24.8 Å². The molecule has 0 amide bonds. The quantitative estimate of drug-likeness (QED) is 0.604. The molecule has 0 atom stereocenters. The number of carbonyl (C=O) groups is 2. The van der Waals surface area contributed by atoms with Crippen LogP contribution in [0.15, 0.2) is 30.8 Å². The molecule has 0 heterocycles. The molecule has 4 nitrogen and oxygen atoms in total. The minimum Gasteiger partial charge on any atom is -0.485 e. The van der Waals surface area contributed by atoms with E-state index in [-0.39, 0.29) is 6.61 Å². The van der Waals surface area contributed by atoms with Gasteiger partial charge in [0.25, 0.3) is 5.78 Å². The molecule has 0 radical (unpaired) electrons. The van der Waals surface area contributed by atoms with E-state index in [1.165, 1.54) is 0 Å². The maximum Gasteiger partial charge on any atom is 0.378 e. The third-order valence-corrected chi connectivity index (χ3v) is 2.11. The lowest BCUT2D eigenvalue weighted by molar-refractivity contribution is -0.163. The molecule has 1 aromatic rings. The molecule has 0 aromatic heterocycles. The van der Waals surface area contributed by atoms with Crippen molar-refractivity contribution in [3.8, 4) is 5.75 Å². The third kappa shape index (κ3) is 5.38. The normalized spacial score (nSPS) is 10.7. The van der Waals surface area contributed by atoms with Gasteiger partial charge in [0.15, 0.2) is 6.61 Å². The zero-order valence-corrected chi connectivity index (χ0v) is 11.4. The third-order valence-electron chi connectivity index (χ3n) is 2.11. The van der Waals surface area contributed by atoms with Gasteiger partial charge in [0.05, 0.1) is 0 Å². The molecular weight excluding hydrogens is 244 g/mol. The van der Waals surface area contributed by atoms with E-state index in [0.717, 1.165) is 5.56 Å². The number of hydrogen-bond donors (Lipinski definition) is 0. The second-order valence-corrected chi connectivity index (χ2v) is 4.99. The van der Waals surface area contributed by atoms with E-state index in [1.54, 1.807) is 51.1 Å². The Labute approximate surface area is 113 Å². The fourth-order valence-corrected chi connectivity index (χ4v) is 1.24. The van der Waals surface area contributed by atoms with Crippen molar-refractivity contribution in [1.29, 1.82) is 0 Å².